The number of nitrogens with one attached hydrogen (secondary N) is 2. The van der Waals surface area contributed by atoms with Gasteiger partial charge in [-0.25, -0.2) is 0 Å². The molecule has 3 aromatic rings. The van der Waals surface area contributed by atoms with Crippen LogP contribution in [0.5, 0.6) is 0 Å². The van der Waals surface area contributed by atoms with Crippen LogP contribution in [0.1, 0.15) is 28.7 Å². The normalized spacial score (nSPS) is 19.1. The lowest BCUT2D eigenvalue weighted by Crippen LogP contribution is -2.38. The van der Waals surface area contributed by atoms with Gasteiger partial charge in [-0.1, -0.05) is 30.3 Å². The van der Waals surface area contributed by atoms with Crippen LogP contribution in [0, 0.1) is 0 Å². The van der Waals surface area contributed by atoms with Crippen LogP contribution in [0.4, 0.5) is 32.2 Å². The molecule has 4 rings (SSSR count). The Morgan fingerprint density at radius 2 is 1.52 bits per heavy atom. The fourth-order valence-electron chi connectivity index (χ4n) is 3.58. The van der Waals surface area contributed by atoms with Gasteiger partial charge in [0.2, 0.25) is 5.91 Å². The van der Waals surface area contributed by atoms with Crippen molar-refractivity contribution in [1.82, 2.24) is 10.2 Å². The van der Waals surface area contributed by atoms with Gasteiger partial charge in [-0.2, -0.15) is 31.4 Å². The number of fused-ring (bicyclic) bond motifs is 1. The van der Waals surface area contributed by atoms with Crippen LogP contribution in [-0.2, 0) is 22.7 Å². The fourth-order valence-corrected chi connectivity index (χ4v) is 3.58. The molecule has 1 atom stereocenters. The van der Waals surface area contributed by atoms with Crippen LogP contribution in [0.3, 0.4) is 0 Å². The maximum Gasteiger partial charge on any atom is 0.416 e. The first-order valence-corrected chi connectivity index (χ1v) is 8.86. The maximum atomic E-state index is 13.3. The van der Waals surface area contributed by atoms with E-state index in [2.05, 4.69) is 15.5 Å². The van der Waals surface area contributed by atoms with E-state index in [0.29, 0.717) is 17.7 Å². The Balaban J connectivity index is 1.99. The number of aromatic amines is 1. The van der Waals surface area contributed by atoms with Gasteiger partial charge in [0.05, 0.1) is 23.1 Å². The number of hydrogen-bond acceptors (Lipinski definition) is 3. The number of nitrogens with zero attached hydrogens (tertiary/aromatic N) is 1. The number of H-pyrrole nitrogens is 1. The predicted molar refractivity (Wildman–Crippen MR) is 96.7 cm³/mol. The second kappa shape index (κ2) is 6.84. The molecule has 1 aliphatic heterocycles. The standard InChI is InChI=1S/C20H13F6N3O2/c21-19(22,23)12-6-11(7-13(8-12)20(24,25)26)18(31)9-14(30)27-17-15(18)16(28-29-17)10-4-2-1-3-5-10/h1-8,31H,9H2,(H2,27,28,29,30). The summed E-state index contributed by atoms with van der Waals surface area (Å²) < 4.78 is 80.0. The number of carbonyl (C=O) groups excluding carboxylic acids is 1. The van der Waals surface area contributed by atoms with Crippen LogP contribution in [0.2, 0.25) is 0 Å². The molecule has 1 aliphatic rings. The monoisotopic (exact) mass is 441 g/mol. The van der Waals surface area contributed by atoms with Gasteiger partial charge in [0, 0.05) is 5.56 Å². The Morgan fingerprint density at radius 3 is 2.06 bits per heavy atom. The van der Waals surface area contributed by atoms with E-state index in [4.69, 9.17) is 0 Å². The predicted octanol–water partition coefficient (Wildman–Crippen LogP) is 4.69. The zero-order chi connectivity index (χ0) is 22.6. The number of hydrogen-bond donors (Lipinski definition) is 3. The highest BCUT2D eigenvalue weighted by molar-refractivity contribution is 5.96. The van der Waals surface area contributed by atoms with Gasteiger partial charge in [0.15, 0.2) is 0 Å². The van der Waals surface area contributed by atoms with E-state index in [0.717, 1.165) is 0 Å². The highest BCUT2D eigenvalue weighted by Gasteiger charge is 2.46. The zero-order valence-corrected chi connectivity index (χ0v) is 15.4. The Labute approximate surface area is 170 Å². The van der Waals surface area contributed by atoms with Crippen molar-refractivity contribution in [2.24, 2.45) is 0 Å². The molecule has 0 saturated heterocycles. The van der Waals surface area contributed by atoms with E-state index in [1.165, 1.54) is 0 Å². The minimum absolute atomic E-state index is 0.0376. The van der Waals surface area contributed by atoms with Crippen LogP contribution >= 0.6 is 0 Å². The lowest BCUT2D eigenvalue weighted by atomic mass is 9.79. The summed E-state index contributed by atoms with van der Waals surface area (Å²) >= 11 is 0. The summed E-state index contributed by atoms with van der Waals surface area (Å²) in [4.78, 5) is 12.2. The third-order valence-corrected chi connectivity index (χ3v) is 4.97. The van der Waals surface area contributed by atoms with Crippen molar-refractivity contribution in [3.63, 3.8) is 0 Å². The number of amides is 1. The minimum Gasteiger partial charge on any atom is -0.380 e. The first-order valence-electron chi connectivity index (χ1n) is 8.86. The van der Waals surface area contributed by atoms with E-state index in [1.807, 2.05) is 0 Å². The Bertz CT molecular complexity index is 1120. The minimum atomic E-state index is -5.11. The molecule has 31 heavy (non-hydrogen) atoms. The number of aliphatic hydroxyl groups is 1. The molecule has 0 spiro atoms. The Kier molecular flexibility index (Phi) is 4.61. The summed E-state index contributed by atoms with van der Waals surface area (Å²) in [5.41, 5.74) is -5.99. The third-order valence-electron chi connectivity index (χ3n) is 4.97. The number of alkyl halides is 6. The topological polar surface area (TPSA) is 78.0 Å². The van der Waals surface area contributed by atoms with Gasteiger partial charge in [0.25, 0.3) is 0 Å². The molecule has 2 heterocycles. The van der Waals surface area contributed by atoms with Gasteiger partial charge in [-0.05, 0) is 23.8 Å². The highest BCUT2D eigenvalue weighted by atomic mass is 19.4. The van der Waals surface area contributed by atoms with E-state index in [-0.39, 0.29) is 23.1 Å². The lowest BCUT2D eigenvalue weighted by Gasteiger charge is -2.33. The summed E-state index contributed by atoms with van der Waals surface area (Å²) in [5.74, 6) is -0.909. The molecule has 0 bridgehead atoms. The van der Waals surface area contributed by atoms with Gasteiger partial charge in [-0.15, -0.1) is 0 Å². The summed E-state index contributed by atoms with van der Waals surface area (Å²) in [7, 11) is 0. The van der Waals surface area contributed by atoms with E-state index >= 15 is 0 Å². The molecule has 1 unspecified atom stereocenters. The maximum absolute atomic E-state index is 13.3. The van der Waals surface area contributed by atoms with E-state index in [9.17, 15) is 36.2 Å². The molecule has 2 aromatic carbocycles. The van der Waals surface area contributed by atoms with Crippen LogP contribution in [0.15, 0.2) is 48.5 Å². The van der Waals surface area contributed by atoms with Crippen molar-refractivity contribution in [3.8, 4) is 11.3 Å². The highest BCUT2D eigenvalue weighted by Crippen LogP contribution is 2.47. The third kappa shape index (κ3) is 3.65. The summed E-state index contributed by atoms with van der Waals surface area (Å²) in [6, 6.07) is 8.97. The van der Waals surface area contributed by atoms with Crippen LogP contribution < -0.4 is 5.32 Å². The van der Waals surface area contributed by atoms with Gasteiger partial charge in [0.1, 0.15) is 17.1 Å². The van der Waals surface area contributed by atoms with E-state index in [1.54, 1.807) is 30.3 Å². The molecule has 0 aliphatic carbocycles. The first kappa shape index (κ1) is 20.9. The molecule has 5 nitrogen and oxygen atoms in total. The quantitative estimate of drug-likeness (QED) is 0.505. The number of rotatable bonds is 2. The van der Waals surface area contributed by atoms with Crippen molar-refractivity contribution in [2.75, 3.05) is 5.32 Å². The van der Waals surface area contributed by atoms with Crippen molar-refractivity contribution in [3.05, 3.63) is 70.8 Å². The molecular formula is C20H13F6N3O2. The molecule has 3 N–H and O–H groups in total. The van der Waals surface area contributed by atoms with Gasteiger partial charge in [-0.3, -0.25) is 9.89 Å². The van der Waals surface area contributed by atoms with Gasteiger partial charge >= 0.3 is 12.4 Å². The average Bonchev–Trinajstić information content (AvgIpc) is 3.11. The molecule has 1 amide bonds. The molecule has 0 radical (unpaired) electrons. The number of halogens is 6. The van der Waals surface area contributed by atoms with Crippen molar-refractivity contribution in [1.29, 1.82) is 0 Å². The Hall–Kier alpha value is -3.34. The first-order chi connectivity index (χ1) is 14.4. The fraction of sp³-hybridized carbons (Fsp3) is 0.200. The SMILES string of the molecule is O=C1CC(O)(c2cc(C(F)(F)F)cc(C(F)(F)F)c2)c2c(-c3ccccc3)n[nH]c2N1. The largest absolute Gasteiger partial charge is 0.416 e. The van der Waals surface area contributed by atoms with Crippen molar-refractivity contribution >= 4 is 11.7 Å². The van der Waals surface area contributed by atoms with Crippen molar-refractivity contribution < 1.29 is 36.2 Å². The Morgan fingerprint density at radius 1 is 0.935 bits per heavy atom. The smallest absolute Gasteiger partial charge is 0.380 e. The number of carbonyl (C=O) groups is 1. The summed E-state index contributed by atoms with van der Waals surface area (Å²) in [6.45, 7) is 0. The summed E-state index contributed by atoms with van der Waals surface area (Å²) in [5, 5.41) is 20.3. The number of anilines is 1. The second-order valence-corrected chi connectivity index (χ2v) is 7.07. The number of benzene rings is 2. The number of aromatic nitrogens is 2. The van der Waals surface area contributed by atoms with E-state index < -0.39 is 47.0 Å². The molecule has 0 fully saturated rings. The molecule has 1 aromatic heterocycles. The molecule has 0 saturated carbocycles. The van der Waals surface area contributed by atoms with Crippen LogP contribution in [0.25, 0.3) is 11.3 Å². The molecular weight excluding hydrogens is 428 g/mol. The van der Waals surface area contributed by atoms with Crippen molar-refractivity contribution in [2.45, 2.75) is 24.4 Å². The zero-order valence-electron chi connectivity index (χ0n) is 15.4. The molecule has 162 valence electrons. The van der Waals surface area contributed by atoms with Crippen LogP contribution in [-0.4, -0.2) is 21.2 Å². The summed E-state index contributed by atoms with van der Waals surface area (Å²) in [6.07, 6.45) is -11.0. The van der Waals surface area contributed by atoms with Gasteiger partial charge < -0.3 is 10.4 Å². The average molecular weight is 441 g/mol. The second-order valence-electron chi connectivity index (χ2n) is 7.07. The molecule has 11 heteroatoms. The lowest BCUT2D eigenvalue weighted by molar-refractivity contribution is -0.143.